The van der Waals surface area contributed by atoms with Gasteiger partial charge in [-0.25, -0.2) is 19.2 Å². The van der Waals surface area contributed by atoms with Gasteiger partial charge >= 0.3 is 23.9 Å². The van der Waals surface area contributed by atoms with Gasteiger partial charge in [-0.2, -0.15) is 0 Å². The summed E-state index contributed by atoms with van der Waals surface area (Å²) in [5.41, 5.74) is 1.44. The van der Waals surface area contributed by atoms with Crippen molar-refractivity contribution in [1.82, 2.24) is 0 Å². The van der Waals surface area contributed by atoms with Gasteiger partial charge in [0.1, 0.15) is 0 Å². The van der Waals surface area contributed by atoms with E-state index in [9.17, 15) is 19.2 Å². The van der Waals surface area contributed by atoms with Crippen LogP contribution in [0.3, 0.4) is 0 Å². The second-order valence-corrected chi connectivity index (χ2v) is 5.15. The Balaban J connectivity index is 0.000000416. The molecule has 2 aromatic carbocycles. The van der Waals surface area contributed by atoms with Crippen LogP contribution in [0.15, 0.2) is 48.5 Å². The van der Waals surface area contributed by atoms with Crippen molar-refractivity contribution in [2.24, 2.45) is 0 Å². The second kappa shape index (κ2) is 13.8. The fraction of sp³-hybridized carbons (Fsp3) is 0.304. The van der Waals surface area contributed by atoms with Crippen molar-refractivity contribution in [2.75, 3.05) is 0 Å². The molecular formula is C23H28O6. The van der Waals surface area contributed by atoms with Gasteiger partial charge in [-0.15, -0.1) is 0 Å². The molecule has 0 N–H and O–H groups in total. The lowest BCUT2D eigenvalue weighted by atomic mass is 10.1. The van der Waals surface area contributed by atoms with E-state index in [0.29, 0.717) is 22.3 Å². The molecule has 29 heavy (non-hydrogen) atoms. The molecule has 156 valence electrons. The molecule has 2 aliphatic rings. The minimum atomic E-state index is -0.550. The maximum atomic E-state index is 10.8. The molecule has 0 aliphatic carbocycles. The number of benzene rings is 2. The summed E-state index contributed by atoms with van der Waals surface area (Å²) in [6.45, 7) is 12.2. The van der Waals surface area contributed by atoms with Crippen molar-refractivity contribution in [2.45, 2.75) is 48.0 Å². The van der Waals surface area contributed by atoms with E-state index in [0.717, 1.165) is 0 Å². The SMILES string of the molecule is CC.CC.CCC.O=C1OC(=O)c2ccccc21.O=C1OC(=O)c2ccccc21. The van der Waals surface area contributed by atoms with Gasteiger partial charge in [-0.3, -0.25) is 0 Å². The zero-order valence-electron chi connectivity index (χ0n) is 17.8. The summed E-state index contributed by atoms with van der Waals surface area (Å²) in [5, 5.41) is 0. The first-order valence-corrected chi connectivity index (χ1v) is 9.70. The summed E-state index contributed by atoms with van der Waals surface area (Å²) in [5.74, 6) is -2.20. The van der Waals surface area contributed by atoms with E-state index in [1.165, 1.54) is 6.42 Å². The molecule has 2 heterocycles. The van der Waals surface area contributed by atoms with Crippen molar-refractivity contribution in [3.63, 3.8) is 0 Å². The zero-order chi connectivity index (χ0) is 22.4. The van der Waals surface area contributed by atoms with Gasteiger partial charge in [-0.05, 0) is 24.3 Å². The summed E-state index contributed by atoms with van der Waals surface area (Å²) in [7, 11) is 0. The van der Waals surface area contributed by atoms with E-state index in [1.807, 2.05) is 27.7 Å². The van der Waals surface area contributed by atoms with Crippen LogP contribution in [-0.2, 0) is 9.47 Å². The Morgan fingerprint density at radius 2 is 0.690 bits per heavy atom. The highest BCUT2D eigenvalue weighted by molar-refractivity contribution is 6.15. The number of rotatable bonds is 0. The molecule has 0 saturated heterocycles. The average molecular weight is 400 g/mol. The average Bonchev–Trinajstić information content (AvgIpc) is 3.22. The Labute approximate surface area is 171 Å². The maximum Gasteiger partial charge on any atom is 0.346 e. The molecule has 0 amide bonds. The number of esters is 4. The summed E-state index contributed by atoms with van der Waals surface area (Å²) < 4.78 is 8.71. The standard InChI is InChI=1S/2C8H4O3.C3H8.2C2H6/c2*9-7-5-3-1-2-4-6(5)8(10)11-7;1-3-2;2*1-2/h2*1-4H;3H2,1-2H3;2*1-2H3. The Bertz CT molecular complexity index is 703. The third-order valence-electron chi connectivity index (χ3n) is 3.10. The molecule has 0 fully saturated rings. The van der Waals surface area contributed by atoms with E-state index in [-0.39, 0.29) is 0 Å². The largest absolute Gasteiger partial charge is 0.386 e. The molecule has 0 saturated carbocycles. The lowest BCUT2D eigenvalue weighted by Crippen LogP contribution is -1.96. The first-order valence-electron chi connectivity index (χ1n) is 9.70. The van der Waals surface area contributed by atoms with Gasteiger partial charge in [0.2, 0.25) is 0 Å². The molecule has 4 rings (SSSR count). The molecule has 0 unspecified atom stereocenters. The third-order valence-corrected chi connectivity index (χ3v) is 3.10. The van der Waals surface area contributed by atoms with Gasteiger partial charge < -0.3 is 9.47 Å². The predicted molar refractivity (Wildman–Crippen MR) is 111 cm³/mol. The fourth-order valence-electron chi connectivity index (χ4n) is 2.07. The summed E-state index contributed by atoms with van der Waals surface area (Å²) >= 11 is 0. The minimum absolute atomic E-state index is 0.359. The lowest BCUT2D eigenvalue weighted by Gasteiger charge is -1.86. The Hall–Kier alpha value is -3.28. The molecule has 2 aliphatic heterocycles. The second-order valence-electron chi connectivity index (χ2n) is 5.15. The van der Waals surface area contributed by atoms with Gasteiger partial charge in [-0.1, -0.05) is 72.2 Å². The predicted octanol–water partition coefficient (Wildman–Crippen LogP) is 5.46. The van der Waals surface area contributed by atoms with Gasteiger partial charge in [0.15, 0.2) is 0 Å². The molecule has 0 bridgehead atoms. The third kappa shape index (κ3) is 6.99. The lowest BCUT2D eigenvalue weighted by molar-refractivity contribution is 0.0425. The summed E-state index contributed by atoms with van der Waals surface area (Å²) in [6.07, 6.45) is 1.25. The van der Waals surface area contributed by atoms with Gasteiger partial charge in [0.25, 0.3) is 0 Å². The van der Waals surface area contributed by atoms with Crippen molar-refractivity contribution in [3.05, 3.63) is 70.8 Å². The van der Waals surface area contributed by atoms with Crippen molar-refractivity contribution in [3.8, 4) is 0 Å². The molecule has 2 aromatic rings. The van der Waals surface area contributed by atoms with Crippen LogP contribution in [0, 0.1) is 0 Å². The molecule has 0 radical (unpaired) electrons. The van der Waals surface area contributed by atoms with Gasteiger partial charge in [0, 0.05) is 0 Å². The van der Waals surface area contributed by atoms with E-state index in [4.69, 9.17) is 0 Å². The van der Waals surface area contributed by atoms with Crippen LogP contribution < -0.4 is 0 Å². The monoisotopic (exact) mass is 400 g/mol. The normalized spacial score (nSPS) is 12.1. The minimum Gasteiger partial charge on any atom is -0.386 e. The quantitative estimate of drug-likeness (QED) is 0.431. The summed E-state index contributed by atoms with van der Waals surface area (Å²) in [4.78, 5) is 43.3. The highest BCUT2D eigenvalue weighted by Gasteiger charge is 2.29. The topological polar surface area (TPSA) is 86.7 Å². The maximum absolute atomic E-state index is 10.8. The molecular weight excluding hydrogens is 372 g/mol. The van der Waals surface area contributed by atoms with Crippen molar-refractivity contribution >= 4 is 23.9 Å². The Morgan fingerprint density at radius 3 is 0.862 bits per heavy atom. The van der Waals surface area contributed by atoms with Crippen molar-refractivity contribution in [1.29, 1.82) is 0 Å². The van der Waals surface area contributed by atoms with Crippen LogP contribution in [0.5, 0.6) is 0 Å². The molecule has 0 atom stereocenters. The van der Waals surface area contributed by atoms with Crippen LogP contribution in [-0.4, -0.2) is 23.9 Å². The molecule has 6 nitrogen and oxygen atoms in total. The number of carbonyl (C=O) groups excluding carboxylic acids is 4. The van der Waals surface area contributed by atoms with Crippen LogP contribution in [0.4, 0.5) is 0 Å². The first kappa shape index (κ1) is 25.7. The highest BCUT2D eigenvalue weighted by atomic mass is 16.6. The number of hydrogen-bond donors (Lipinski definition) is 0. The van der Waals surface area contributed by atoms with Crippen LogP contribution >= 0.6 is 0 Å². The molecule has 0 spiro atoms. The number of hydrogen-bond acceptors (Lipinski definition) is 6. The number of carbonyl (C=O) groups is 4. The highest BCUT2D eigenvalue weighted by Crippen LogP contribution is 2.19. The fourth-order valence-corrected chi connectivity index (χ4v) is 2.07. The Morgan fingerprint density at radius 1 is 0.517 bits per heavy atom. The van der Waals surface area contributed by atoms with Crippen LogP contribution in [0.2, 0.25) is 0 Å². The first-order chi connectivity index (χ1) is 14.0. The number of cyclic esters (lactones) is 4. The Kier molecular flexibility index (Phi) is 12.3. The molecule has 0 aromatic heterocycles. The van der Waals surface area contributed by atoms with E-state index < -0.39 is 23.9 Å². The molecule has 6 heteroatoms. The van der Waals surface area contributed by atoms with E-state index >= 15 is 0 Å². The number of fused-ring (bicyclic) bond motifs is 2. The van der Waals surface area contributed by atoms with Crippen molar-refractivity contribution < 1.29 is 28.7 Å². The van der Waals surface area contributed by atoms with Crippen LogP contribution in [0.25, 0.3) is 0 Å². The number of ether oxygens (including phenoxy) is 2. The van der Waals surface area contributed by atoms with Crippen LogP contribution in [0.1, 0.15) is 89.4 Å². The smallest absolute Gasteiger partial charge is 0.346 e. The van der Waals surface area contributed by atoms with E-state index in [2.05, 4.69) is 23.3 Å². The van der Waals surface area contributed by atoms with E-state index in [1.54, 1.807) is 48.5 Å². The zero-order valence-corrected chi connectivity index (χ0v) is 17.8. The van der Waals surface area contributed by atoms with Gasteiger partial charge in [0.05, 0.1) is 22.3 Å². The summed E-state index contributed by atoms with van der Waals surface area (Å²) in [6, 6.07) is 13.1.